The largest absolute Gasteiger partial charge is 0.486 e. The lowest BCUT2D eigenvalue weighted by molar-refractivity contribution is -0.137. The van der Waals surface area contributed by atoms with Gasteiger partial charge in [0.25, 0.3) is 0 Å². The van der Waals surface area contributed by atoms with E-state index in [1.54, 1.807) is 0 Å². The number of rotatable bonds is 4. The quantitative estimate of drug-likeness (QED) is 0.912. The predicted octanol–water partition coefficient (Wildman–Crippen LogP) is 4.30. The normalized spacial score (nSPS) is 13.0. The van der Waals surface area contributed by atoms with Crippen LogP contribution in [0.2, 0.25) is 0 Å². The Morgan fingerprint density at radius 3 is 2.33 bits per heavy atom. The highest BCUT2D eigenvalue weighted by molar-refractivity contribution is 5.39. The maximum atomic E-state index is 12.7. The van der Waals surface area contributed by atoms with E-state index in [1.807, 2.05) is 37.3 Å². The average molecular weight is 295 g/mol. The van der Waals surface area contributed by atoms with Crippen LogP contribution in [0.5, 0.6) is 5.75 Å². The number of ether oxygens (including phenoxy) is 1. The van der Waals surface area contributed by atoms with Gasteiger partial charge in [0, 0.05) is 12.1 Å². The average Bonchev–Trinajstić information content (AvgIpc) is 2.47. The van der Waals surface area contributed by atoms with Crippen LogP contribution in [-0.2, 0) is 12.7 Å². The molecule has 112 valence electrons. The molecular formula is C16H16F3NO. The lowest BCUT2D eigenvalue weighted by Crippen LogP contribution is -2.10. The second-order valence-electron chi connectivity index (χ2n) is 4.70. The van der Waals surface area contributed by atoms with Gasteiger partial charge in [-0.1, -0.05) is 30.3 Å². The third kappa shape index (κ3) is 3.76. The second-order valence-corrected chi connectivity index (χ2v) is 4.70. The van der Waals surface area contributed by atoms with Crippen LogP contribution in [0, 0.1) is 0 Å². The summed E-state index contributed by atoms with van der Waals surface area (Å²) in [5.74, 6) is 0.377. The van der Waals surface area contributed by atoms with Crippen LogP contribution in [0.1, 0.15) is 29.7 Å². The minimum absolute atomic E-state index is 0.0131. The summed E-state index contributed by atoms with van der Waals surface area (Å²) in [5.41, 5.74) is 6.10. The van der Waals surface area contributed by atoms with Crippen LogP contribution in [-0.4, -0.2) is 0 Å². The molecule has 0 bridgehead atoms. The minimum atomic E-state index is -4.38. The van der Waals surface area contributed by atoms with Crippen molar-refractivity contribution >= 4 is 0 Å². The van der Waals surface area contributed by atoms with E-state index in [2.05, 4.69) is 0 Å². The van der Waals surface area contributed by atoms with E-state index in [1.165, 1.54) is 6.07 Å². The third-order valence-electron chi connectivity index (χ3n) is 3.18. The fraction of sp³-hybridized carbons (Fsp3) is 0.250. The fourth-order valence-corrected chi connectivity index (χ4v) is 2.01. The van der Waals surface area contributed by atoms with E-state index in [9.17, 15) is 13.2 Å². The standard InChI is InChI=1S/C16H16F3NO/c1-11(12-5-3-2-4-6-12)21-15-8-7-14(16(17,18)19)9-13(15)10-20/h2-9,11H,10,20H2,1H3. The smallest absolute Gasteiger partial charge is 0.416 e. The predicted molar refractivity (Wildman–Crippen MR) is 74.8 cm³/mol. The molecule has 0 aliphatic rings. The van der Waals surface area contributed by atoms with Gasteiger partial charge in [0.15, 0.2) is 0 Å². The molecule has 0 aromatic heterocycles. The van der Waals surface area contributed by atoms with Crippen LogP contribution in [0.25, 0.3) is 0 Å². The minimum Gasteiger partial charge on any atom is -0.486 e. The Hall–Kier alpha value is -2.01. The molecule has 1 unspecified atom stereocenters. The SMILES string of the molecule is CC(Oc1ccc(C(F)(F)F)cc1CN)c1ccccc1. The van der Waals surface area contributed by atoms with E-state index in [0.29, 0.717) is 11.3 Å². The van der Waals surface area contributed by atoms with Crippen LogP contribution >= 0.6 is 0 Å². The van der Waals surface area contributed by atoms with Crippen molar-refractivity contribution in [3.63, 3.8) is 0 Å². The molecule has 1 atom stereocenters. The van der Waals surface area contributed by atoms with Crippen LogP contribution < -0.4 is 10.5 Å². The van der Waals surface area contributed by atoms with Crippen molar-refractivity contribution < 1.29 is 17.9 Å². The second kappa shape index (κ2) is 6.18. The van der Waals surface area contributed by atoms with Gasteiger partial charge in [-0.2, -0.15) is 13.2 Å². The number of nitrogens with two attached hydrogens (primary N) is 1. The molecule has 0 saturated carbocycles. The summed E-state index contributed by atoms with van der Waals surface area (Å²) in [6.45, 7) is 1.83. The van der Waals surface area contributed by atoms with Gasteiger partial charge in [-0.25, -0.2) is 0 Å². The van der Waals surface area contributed by atoms with Crippen molar-refractivity contribution in [1.82, 2.24) is 0 Å². The summed E-state index contributed by atoms with van der Waals surface area (Å²) in [6, 6.07) is 12.8. The first kappa shape index (κ1) is 15.4. The zero-order valence-electron chi connectivity index (χ0n) is 11.5. The lowest BCUT2D eigenvalue weighted by atomic mass is 10.1. The number of hydrogen-bond acceptors (Lipinski definition) is 2. The summed E-state index contributed by atoms with van der Waals surface area (Å²) < 4.78 is 43.8. The Labute approximate surface area is 121 Å². The van der Waals surface area contributed by atoms with Crippen molar-refractivity contribution in [3.8, 4) is 5.75 Å². The first-order chi connectivity index (χ1) is 9.91. The molecule has 5 heteroatoms. The highest BCUT2D eigenvalue weighted by Crippen LogP contribution is 2.33. The molecule has 0 fully saturated rings. The molecule has 0 heterocycles. The molecule has 0 saturated heterocycles. The highest BCUT2D eigenvalue weighted by Gasteiger charge is 2.31. The highest BCUT2D eigenvalue weighted by atomic mass is 19.4. The van der Waals surface area contributed by atoms with E-state index in [-0.39, 0.29) is 12.6 Å². The molecule has 21 heavy (non-hydrogen) atoms. The van der Waals surface area contributed by atoms with Crippen molar-refractivity contribution in [2.24, 2.45) is 5.73 Å². The van der Waals surface area contributed by atoms with Gasteiger partial charge in [0.05, 0.1) is 5.56 Å². The summed E-state index contributed by atoms with van der Waals surface area (Å²) in [4.78, 5) is 0. The Morgan fingerprint density at radius 1 is 1.10 bits per heavy atom. The van der Waals surface area contributed by atoms with Gasteiger partial charge in [-0.15, -0.1) is 0 Å². The van der Waals surface area contributed by atoms with Gasteiger partial charge in [-0.3, -0.25) is 0 Å². The van der Waals surface area contributed by atoms with Crippen LogP contribution in [0.3, 0.4) is 0 Å². The van der Waals surface area contributed by atoms with E-state index in [0.717, 1.165) is 17.7 Å². The summed E-state index contributed by atoms with van der Waals surface area (Å²) in [5, 5.41) is 0. The number of hydrogen-bond donors (Lipinski definition) is 1. The van der Waals surface area contributed by atoms with Crippen molar-refractivity contribution in [3.05, 3.63) is 65.2 Å². The third-order valence-corrected chi connectivity index (χ3v) is 3.18. The van der Waals surface area contributed by atoms with E-state index >= 15 is 0 Å². The number of halogens is 3. The first-order valence-corrected chi connectivity index (χ1v) is 6.53. The Kier molecular flexibility index (Phi) is 4.53. The van der Waals surface area contributed by atoms with Gasteiger partial charge < -0.3 is 10.5 Å². The molecule has 2 aromatic carbocycles. The Morgan fingerprint density at radius 2 is 1.76 bits per heavy atom. The molecule has 2 aromatic rings. The summed E-state index contributed by atoms with van der Waals surface area (Å²) >= 11 is 0. The maximum Gasteiger partial charge on any atom is 0.416 e. The van der Waals surface area contributed by atoms with Crippen LogP contribution in [0.4, 0.5) is 13.2 Å². The van der Waals surface area contributed by atoms with Crippen molar-refractivity contribution in [2.45, 2.75) is 25.7 Å². The maximum absolute atomic E-state index is 12.7. The van der Waals surface area contributed by atoms with Crippen molar-refractivity contribution in [2.75, 3.05) is 0 Å². The zero-order chi connectivity index (χ0) is 15.5. The van der Waals surface area contributed by atoms with Gasteiger partial charge in [-0.05, 0) is 30.7 Å². The van der Waals surface area contributed by atoms with E-state index < -0.39 is 11.7 Å². The molecule has 0 amide bonds. The zero-order valence-corrected chi connectivity index (χ0v) is 11.5. The molecule has 2 nitrogen and oxygen atoms in total. The first-order valence-electron chi connectivity index (χ1n) is 6.53. The fourth-order valence-electron chi connectivity index (χ4n) is 2.01. The molecule has 0 spiro atoms. The number of benzene rings is 2. The van der Waals surface area contributed by atoms with E-state index in [4.69, 9.17) is 10.5 Å². The molecular weight excluding hydrogens is 279 g/mol. The molecule has 0 radical (unpaired) electrons. The number of alkyl halides is 3. The Bertz CT molecular complexity index is 596. The Balaban J connectivity index is 2.24. The topological polar surface area (TPSA) is 35.2 Å². The lowest BCUT2D eigenvalue weighted by Gasteiger charge is -2.18. The van der Waals surface area contributed by atoms with Gasteiger partial charge in [0.2, 0.25) is 0 Å². The monoisotopic (exact) mass is 295 g/mol. The molecule has 2 rings (SSSR count). The summed E-state index contributed by atoms with van der Waals surface area (Å²) in [6.07, 6.45) is -4.65. The molecule has 0 aliphatic carbocycles. The van der Waals surface area contributed by atoms with Crippen LogP contribution in [0.15, 0.2) is 48.5 Å². The molecule has 2 N–H and O–H groups in total. The summed E-state index contributed by atoms with van der Waals surface area (Å²) in [7, 11) is 0. The van der Waals surface area contributed by atoms with Gasteiger partial charge in [0.1, 0.15) is 11.9 Å². The van der Waals surface area contributed by atoms with Crippen molar-refractivity contribution in [1.29, 1.82) is 0 Å². The molecule has 0 aliphatic heterocycles. The van der Waals surface area contributed by atoms with Gasteiger partial charge >= 0.3 is 6.18 Å².